The molecule has 8 aromatic heterocycles. The molecule has 0 aliphatic rings. The van der Waals surface area contributed by atoms with E-state index in [9.17, 15) is 0 Å². The molecule has 8 heterocycles. The van der Waals surface area contributed by atoms with E-state index in [2.05, 4.69) is 398 Å². The molecule has 0 radical (unpaired) electrons. The number of aryl methyl sites for hydroxylation is 11. The molecule has 0 bridgehead atoms. The van der Waals surface area contributed by atoms with E-state index in [1.54, 1.807) is 0 Å². The molecule has 0 saturated heterocycles. The van der Waals surface area contributed by atoms with E-state index in [1.807, 2.05) is 49.6 Å². The Morgan fingerprint density at radius 2 is 0.657 bits per heavy atom. The van der Waals surface area contributed by atoms with E-state index >= 15 is 0 Å². The van der Waals surface area contributed by atoms with E-state index < -0.39 is 0 Å². The lowest BCUT2D eigenvalue weighted by atomic mass is 9.85. The van der Waals surface area contributed by atoms with Crippen LogP contribution in [0.4, 0.5) is 5.69 Å². The minimum Gasteiger partial charge on any atom is -0.238 e. The predicted molar refractivity (Wildman–Crippen MR) is 421 cm³/mol. The van der Waals surface area contributed by atoms with Gasteiger partial charge in [0, 0.05) is 106 Å². The van der Waals surface area contributed by atoms with Crippen molar-refractivity contribution in [3.05, 3.63) is 341 Å². The van der Waals surface area contributed by atoms with Gasteiger partial charge in [0.1, 0.15) is 44.8 Å². The molecule has 0 amide bonds. The van der Waals surface area contributed by atoms with Gasteiger partial charge < -0.3 is 0 Å². The van der Waals surface area contributed by atoms with Crippen LogP contribution in [0, 0.1) is 82.7 Å². The summed E-state index contributed by atoms with van der Waals surface area (Å²) in [5.41, 5.74) is 29.9. The predicted octanol–water partition coefficient (Wildman–Crippen LogP) is 16.2. The summed E-state index contributed by atoms with van der Waals surface area (Å²) < 4.78 is 26.7. The Kier molecular flexibility index (Phi) is 19.8. The summed E-state index contributed by atoms with van der Waals surface area (Å²) in [6.45, 7) is 38.3. The third-order valence-corrected chi connectivity index (χ3v) is 20.5. The lowest BCUT2D eigenvalue weighted by molar-refractivity contribution is -0.742. The van der Waals surface area contributed by atoms with Gasteiger partial charge in [-0.25, -0.2) is 4.85 Å². The molecule has 8 aromatic carbocycles. The molecule has 0 fully saturated rings. The van der Waals surface area contributed by atoms with Crippen LogP contribution in [0.25, 0.3) is 94.0 Å². The average Bonchev–Trinajstić information content (AvgIpc) is 1.74. The molecule has 0 aliphatic carbocycles. The van der Waals surface area contributed by atoms with E-state index in [4.69, 9.17) is 6.57 Å². The molecule has 0 spiro atoms. The monoisotopic (exact) mass is 1380 g/mol. The van der Waals surface area contributed by atoms with Crippen molar-refractivity contribution in [2.24, 2.45) is 28.2 Å². The zero-order valence-corrected chi connectivity index (χ0v) is 64.1. The Hall–Kier alpha value is -12.3. The van der Waals surface area contributed by atoms with Gasteiger partial charge in [-0.2, -0.15) is 18.3 Å². The maximum atomic E-state index is 7.57. The third kappa shape index (κ3) is 13.8. The first kappa shape index (κ1) is 71.1. The molecule has 0 N–H and O–H groups in total. The summed E-state index contributed by atoms with van der Waals surface area (Å²) >= 11 is 0. The van der Waals surface area contributed by atoms with E-state index in [-0.39, 0.29) is 5.41 Å². The fourth-order valence-electron chi connectivity index (χ4n) is 15.2. The second-order valence-electron chi connectivity index (χ2n) is 29.0. The van der Waals surface area contributed by atoms with Crippen molar-refractivity contribution in [2.75, 3.05) is 0 Å². The van der Waals surface area contributed by atoms with Gasteiger partial charge in [0.25, 0.3) is 0 Å². The fraction of sp³-hybridized carbons (Fsp3) is 0.207. The van der Waals surface area contributed by atoms with Crippen LogP contribution in [-0.4, -0.2) is 18.7 Å². The van der Waals surface area contributed by atoms with Gasteiger partial charge in [-0.05, 0) is 143 Å². The number of pyridine rings is 4. The highest BCUT2D eigenvalue weighted by Crippen LogP contribution is 2.34. The molecule has 16 rings (SSSR count). The van der Waals surface area contributed by atoms with Crippen molar-refractivity contribution in [3.63, 3.8) is 0 Å². The largest absolute Gasteiger partial charge is 0.238 e. The number of hydrogen-bond acceptors (Lipinski definition) is 0. The quantitative estimate of drug-likeness (QED) is 0.108. The lowest BCUT2D eigenvalue weighted by Crippen LogP contribution is -2.39. The number of para-hydroxylation sites is 4. The van der Waals surface area contributed by atoms with Gasteiger partial charge in [0.2, 0.25) is 47.5 Å². The smallest absolute Gasteiger partial charge is 0.219 e. The van der Waals surface area contributed by atoms with Gasteiger partial charge in [-0.3, -0.25) is 0 Å². The van der Waals surface area contributed by atoms with Crippen LogP contribution >= 0.6 is 0 Å². The molecule has 13 heteroatoms. The van der Waals surface area contributed by atoms with Gasteiger partial charge in [-0.15, -0.1) is 37.5 Å². The van der Waals surface area contributed by atoms with Crippen molar-refractivity contribution in [1.29, 1.82) is 0 Å². The van der Waals surface area contributed by atoms with Crippen LogP contribution in [0.5, 0.6) is 0 Å². The highest BCUT2D eigenvalue weighted by Gasteiger charge is 2.30. The van der Waals surface area contributed by atoms with Crippen molar-refractivity contribution in [2.45, 2.75) is 102 Å². The molecular formula is C92H97N13+8. The summed E-state index contributed by atoms with van der Waals surface area (Å²) in [6.07, 6.45) is 17.2. The summed E-state index contributed by atoms with van der Waals surface area (Å²) in [5, 5.41) is 4.92. The Labute approximate surface area is 618 Å². The lowest BCUT2D eigenvalue weighted by Gasteiger charge is -2.21. The van der Waals surface area contributed by atoms with Gasteiger partial charge in [0.15, 0.2) is 81.4 Å². The molecule has 16 aromatic rings. The van der Waals surface area contributed by atoms with Crippen molar-refractivity contribution in [1.82, 2.24) is 18.7 Å². The van der Waals surface area contributed by atoms with E-state index in [0.29, 0.717) is 5.69 Å². The molecule has 0 atom stereocenters. The standard InChI is InChI=1S/C25H29N3.C23H25N3.C22H20N4.C22H23N3/c1-18-11-9-10-14-27(18)23-15-21(25(3,4)5)16-24(19(23)2)28-22-13-8-7-12-20(22)17-26(28)6;1-16-14-17(2)23(19(4)22(16)25-13-9-8-10-18(25)3)26-21-12-7-6-11-20(21)15-24(26)5;1-16-9-7-8-12-25(16)21-13-19(23-3)14-22(17(21)2)26-20-11-6-5-10-18(20)15-24(26)4;1-16-13-21(24-12-8-7-9-17(24)2)18(3)22(14-16)25-20-11-6-5-10-19(20)15-23(25)4/h7-17H,1-6H3;6-15H,1-5H3;5-15H,1-2,4H3;5-15H,1-4H3/q4*+2. The minimum atomic E-state index is 0.0575. The molecule has 522 valence electrons. The highest BCUT2D eigenvalue weighted by atomic mass is 15.4. The highest BCUT2D eigenvalue weighted by molar-refractivity contribution is 5.83. The van der Waals surface area contributed by atoms with Crippen molar-refractivity contribution < 1.29 is 37.0 Å². The summed E-state index contributed by atoms with van der Waals surface area (Å²) in [6, 6.07) is 74.5. The zero-order chi connectivity index (χ0) is 74.3. The van der Waals surface area contributed by atoms with E-state index in [0.717, 1.165) is 28.1 Å². The average molecular weight is 1380 g/mol. The summed E-state index contributed by atoms with van der Waals surface area (Å²) in [7, 11) is 8.36. The van der Waals surface area contributed by atoms with Gasteiger partial charge >= 0.3 is 0 Å². The molecular weight excluding hydrogens is 1290 g/mol. The zero-order valence-electron chi connectivity index (χ0n) is 64.1. The Morgan fingerprint density at radius 3 is 1.05 bits per heavy atom. The van der Waals surface area contributed by atoms with Crippen LogP contribution in [-0.2, 0) is 33.6 Å². The normalized spacial score (nSPS) is 11.3. The maximum absolute atomic E-state index is 7.57. The van der Waals surface area contributed by atoms with Crippen LogP contribution in [0.1, 0.15) is 88.1 Å². The van der Waals surface area contributed by atoms with Gasteiger partial charge in [0.05, 0.1) is 44.8 Å². The first-order valence-electron chi connectivity index (χ1n) is 36.1. The maximum Gasteiger partial charge on any atom is 0.219 e. The molecule has 0 unspecified atom stereocenters. The van der Waals surface area contributed by atoms with Crippen LogP contribution in [0.2, 0.25) is 0 Å². The molecule has 13 nitrogen and oxygen atoms in total. The number of hydrogen-bond donors (Lipinski definition) is 0. The number of rotatable bonds is 8. The van der Waals surface area contributed by atoms with Crippen LogP contribution in [0.15, 0.2) is 262 Å². The minimum absolute atomic E-state index is 0.0575. The van der Waals surface area contributed by atoms with Gasteiger partial charge in [-0.1, -0.05) is 93.6 Å². The van der Waals surface area contributed by atoms with Crippen LogP contribution in [0.3, 0.4) is 0 Å². The van der Waals surface area contributed by atoms with E-state index in [1.165, 1.54) is 128 Å². The second kappa shape index (κ2) is 29.2. The number of benzene rings is 8. The molecule has 0 aliphatic heterocycles. The third-order valence-electron chi connectivity index (χ3n) is 20.5. The van der Waals surface area contributed by atoms with Crippen molar-refractivity contribution >= 4 is 49.3 Å². The number of fused-ring (bicyclic) bond motifs is 4. The Morgan fingerprint density at radius 1 is 0.324 bits per heavy atom. The summed E-state index contributed by atoms with van der Waals surface area (Å²) in [5.74, 6) is 0. The Bertz CT molecular complexity index is 6060. The fourth-order valence-corrected chi connectivity index (χ4v) is 15.2. The molecule has 0 saturated carbocycles. The number of aromatic nitrogens is 12. The second-order valence-corrected chi connectivity index (χ2v) is 29.0. The van der Waals surface area contributed by atoms with Crippen LogP contribution < -0.4 is 37.0 Å². The van der Waals surface area contributed by atoms with Crippen molar-refractivity contribution in [3.8, 4) is 45.5 Å². The molecule has 105 heavy (non-hydrogen) atoms. The first-order chi connectivity index (χ1) is 50.4. The topological polar surface area (TPSA) is 55.1 Å². The number of nitrogens with zero attached hydrogens (tertiary/aromatic N) is 13. The summed E-state index contributed by atoms with van der Waals surface area (Å²) in [4.78, 5) is 3.72. The Balaban J connectivity index is 0.000000124. The first-order valence-corrected chi connectivity index (χ1v) is 36.1. The SMILES string of the molecule is Cc1c(-n2c3ccccc3c[n+]2C)cc(C(C)(C)C)cc1-[n+]1ccccc1C.Cc1cc(-n2c3ccccc3c[n+]2C)c(C)c(-[n+]2ccccc2C)c1.Cc1cc(C)c(-[n+]2ccccc2C)c(C)c1-n1c2ccccc2c[n+]1C.[C-]#[N+]c1cc(-n2c3ccccc3c[n+]2C)c(C)c(-[n+]2ccccc2C)c1.